The fourth-order valence-electron chi connectivity index (χ4n) is 1.49. The van der Waals surface area contributed by atoms with Gasteiger partial charge in [-0.3, -0.25) is 0 Å². The molecule has 104 valence electrons. The lowest BCUT2D eigenvalue weighted by atomic mass is 10.1. The van der Waals surface area contributed by atoms with Crippen LogP contribution in [0.2, 0.25) is 5.02 Å². The minimum absolute atomic E-state index is 0.315. The first kappa shape index (κ1) is 15.6. The van der Waals surface area contributed by atoms with E-state index in [1.54, 1.807) is 19.1 Å². The quantitative estimate of drug-likeness (QED) is 0.632. The van der Waals surface area contributed by atoms with Gasteiger partial charge in [-0.05, 0) is 37.3 Å². The summed E-state index contributed by atoms with van der Waals surface area (Å²) >= 11 is 5.52. The molecule has 0 unspecified atom stereocenters. The van der Waals surface area contributed by atoms with Crippen LogP contribution in [0, 0.1) is 6.92 Å². The number of benzene rings is 1. The standard InChI is InChI=1S/C12H8ClF3O.C2H6/c1-7-2-5-11(17-7)8-3-4-10(13)9(6-8)12(14,15)16;1-2/h2-6H,1H3;1-2H3. The van der Waals surface area contributed by atoms with Gasteiger partial charge in [0, 0.05) is 5.56 Å². The molecule has 0 radical (unpaired) electrons. The first-order valence-electron chi connectivity index (χ1n) is 5.81. The van der Waals surface area contributed by atoms with Gasteiger partial charge in [0.15, 0.2) is 0 Å². The third kappa shape index (κ3) is 3.77. The minimum Gasteiger partial charge on any atom is -0.461 e. The van der Waals surface area contributed by atoms with Gasteiger partial charge in [-0.25, -0.2) is 0 Å². The van der Waals surface area contributed by atoms with Gasteiger partial charge in [0.05, 0.1) is 10.6 Å². The summed E-state index contributed by atoms with van der Waals surface area (Å²) in [6, 6.07) is 7.02. The van der Waals surface area contributed by atoms with E-state index in [2.05, 4.69) is 0 Å². The number of aryl methyl sites for hydroxylation is 1. The molecule has 2 aromatic rings. The van der Waals surface area contributed by atoms with Crippen LogP contribution in [0.25, 0.3) is 11.3 Å². The fourth-order valence-corrected chi connectivity index (χ4v) is 1.71. The maximum atomic E-state index is 12.6. The molecule has 0 amide bonds. The van der Waals surface area contributed by atoms with Crippen molar-refractivity contribution in [2.24, 2.45) is 0 Å². The zero-order valence-corrected chi connectivity index (χ0v) is 11.6. The van der Waals surface area contributed by atoms with Gasteiger partial charge in [0.1, 0.15) is 11.5 Å². The molecule has 1 aromatic carbocycles. The Morgan fingerprint density at radius 1 is 1.05 bits per heavy atom. The highest BCUT2D eigenvalue weighted by Gasteiger charge is 2.33. The summed E-state index contributed by atoms with van der Waals surface area (Å²) < 4.78 is 43.2. The molecular weight excluding hydrogens is 277 g/mol. The van der Waals surface area contributed by atoms with Gasteiger partial charge in [0.2, 0.25) is 0 Å². The summed E-state index contributed by atoms with van der Waals surface area (Å²) in [7, 11) is 0. The van der Waals surface area contributed by atoms with E-state index in [0.717, 1.165) is 6.07 Å². The highest BCUT2D eigenvalue weighted by atomic mass is 35.5. The number of halogens is 4. The topological polar surface area (TPSA) is 13.1 Å². The molecule has 2 rings (SSSR count). The Hall–Kier alpha value is -1.42. The van der Waals surface area contributed by atoms with E-state index in [9.17, 15) is 13.2 Å². The Labute approximate surface area is 115 Å². The zero-order valence-electron chi connectivity index (χ0n) is 10.8. The van der Waals surface area contributed by atoms with Crippen molar-refractivity contribution in [3.05, 3.63) is 46.7 Å². The average molecular weight is 291 g/mol. The van der Waals surface area contributed by atoms with Crippen molar-refractivity contribution in [3.8, 4) is 11.3 Å². The number of alkyl halides is 3. The molecule has 19 heavy (non-hydrogen) atoms. The van der Waals surface area contributed by atoms with Crippen LogP contribution in [0.5, 0.6) is 0 Å². The molecule has 0 bridgehead atoms. The van der Waals surface area contributed by atoms with Crippen molar-refractivity contribution in [1.29, 1.82) is 0 Å². The van der Waals surface area contributed by atoms with Crippen molar-refractivity contribution in [2.75, 3.05) is 0 Å². The molecular formula is C14H14ClF3O. The summed E-state index contributed by atoms with van der Waals surface area (Å²) in [5.74, 6) is 1.04. The Kier molecular flexibility index (Phi) is 5.06. The molecule has 0 aliphatic rings. The van der Waals surface area contributed by atoms with Gasteiger partial charge >= 0.3 is 6.18 Å². The summed E-state index contributed by atoms with van der Waals surface area (Å²) in [5, 5.41) is -0.315. The Morgan fingerprint density at radius 2 is 1.68 bits per heavy atom. The number of furan rings is 1. The third-order valence-electron chi connectivity index (χ3n) is 2.30. The summed E-state index contributed by atoms with van der Waals surface area (Å²) in [6.45, 7) is 5.73. The van der Waals surface area contributed by atoms with Crippen molar-refractivity contribution < 1.29 is 17.6 Å². The zero-order chi connectivity index (χ0) is 14.6. The van der Waals surface area contributed by atoms with Crippen molar-refractivity contribution in [1.82, 2.24) is 0 Å². The lowest BCUT2D eigenvalue weighted by Gasteiger charge is -2.09. The van der Waals surface area contributed by atoms with E-state index in [0.29, 0.717) is 17.1 Å². The van der Waals surface area contributed by atoms with Crippen LogP contribution in [0.3, 0.4) is 0 Å². The predicted octanol–water partition coefficient (Wildman–Crippen LogP) is 5.95. The fraction of sp³-hybridized carbons (Fsp3) is 0.286. The number of rotatable bonds is 1. The first-order valence-corrected chi connectivity index (χ1v) is 6.19. The van der Waals surface area contributed by atoms with Crippen molar-refractivity contribution in [2.45, 2.75) is 26.9 Å². The molecule has 0 spiro atoms. The van der Waals surface area contributed by atoms with Crippen LogP contribution < -0.4 is 0 Å². The Balaban J connectivity index is 0.000000861. The maximum absolute atomic E-state index is 12.6. The van der Waals surface area contributed by atoms with E-state index in [4.69, 9.17) is 16.0 Å². The lowest BCUT2D eigenvalue weighted by Crippen LogP contribution is -2.05. The predicted molar refractivity (Wildman–Crippen MR) is 70.2 cm³/mol. The van der Waals surface area contributed by atoms with Crippen LogP contribution >= 0.6 is 11.6 Å². The molecule has 1 aromatic heterocycles. The molecule has 0 atom stereocenters. The molecule has 5 heteroatoms. The molecule has 0 fully saturated rings. The molecule has 0 aliphatic heterocycles. The van der Waals surface area contributed by atoms with E-state index in [1.165, 1.54) is 12.1 Å². The Morgan fingerprint density at radius 3 is 2.16 bits per heavy atom. The summed E-state index contributed by atoms with van der Waals surface area (Å²) in [5.41, 5.74) is -0.499. The van der Waals surface area contributed by atoms with Crippen molar-refractivity contribution in [3.63, 3.8) is 0 Å². The second kappa shape index (κ2) is 6.15. The number of hydrogen-bond acceptors (Lipinski definition) is 1. The van der Waals surface area contributed by atoms with Gasteiger partial charge in [-0.2, -0.15) is 13.2 Å². The van der Waals surface area contributed by atoms with E-state index in [-0.39, 0.29) is 5.02 Å². The highest BCUT2D eigenvalue weighted by Crippen LogP contribution is 2.37. The molecule has 0 saturated heterocycles. The van der Waals surface area contributed by atoms with E-state index < -0.39 is 11.7 Å². The van der Waals surface area contributed by atoms with Crippen molar-refractivity contribution >= 4 is 11.6 Å². The molecule has 0 saturated carbocycles. The first-order chi connectivity index (χ1) is 8.88. The normalized spacial score (nSPS) is 10.9. The average Bonchev–Trinajstić information content (AvgIpc) is 2.77. The Bertz CT molecular complexity index is 544. The smallest absolute Gasteiger partial charge is 0.417 e. The summed E-state index contributed by atoms with van der Waals surface area (Å²) in [4.78, 5) is 0. The van der Waals surface area contributed by atoms with Crippen LogP contribution in [0.15, 0.2) is 34.7 Å². The van der Waals surface area contributed by atoms with Gasteiger partial charge < -0.3 is 4.42 Å². The minimum atomic E-state index is -4.46. The van der Waals surface area contributed by atoms with Crippen LogP contribution in [0.1, 0.15) is 25.2 Å². The van der Waals surface area contributed by atoms with Crippen LogP contribution in [-0.2, 0) is 6.18 Å². The SMILES string of the molecule is CC.Cc1ccc(-c2ccc(Cl)c(C(F)(F)F)c2)o1. The van der Waals surface area contributed by atoms with Crippen LogP contribution in [-0.4, -0.2) is 0 Å². The van der Waals surface area contributed by atoms with Gasteiger partial charge in [-0.1, -0.05) is 25.4 Å². The molecule has 0 aliphatic carbocycles. The van der Waals surface area contributed by atoms with Crippen LogP contribution in [0.4, 0.5) is 13.2 Å². The molecule has 0 N–H and O–H groups in total. The maximum Gasteiger partial charge on any atom is 0.417 e. The monoisotopic (exact) mass is 290 g/mol. The van der Waals surface area contributed by atoms with Gasteiger partial charge in [-0.15, -0.1) is 0 Å². The molecule has 1 nitrogen and oxygen atoms in total. The second-order valence-electron chi connectivity index (χ2n) is 3.60. The van der Waals surface area contributed by atoms with Gasteiger partial charge in [0.25, 0.3) is 0 Å². The second-order valence-corrected chi connectivity index (χ2v) is 4.01. The third-order valence-corrected chi connectivity index (χ3v) is 2.63. The largest absolute Gasteiger partial charge is 0.461 e. The highest BCUT2D eigenvalue weighted by molar-refractivity contribution is 6.31. The van der Waals surface area contributed by atoms with E-state index in [1.807, 2.05) is 13.8 Å². The van der Waals surface area contributed by atoms with E-state index >= 15 is 0 Å². The lowest BCUT2D eigenvalue weighted by molar-refractivity contribution is -0.137. The summed E-state index contributed by atoms with van der Waals surface area (Å²) in [6.07, 6.45) is -4.46. The molecule has 1 heterocycles. The number of hydrogen-bond donors (Lipinski definition) is 0.